The molecule has 26 heavy (non-hydrogen) atoms. The standard InChI is InChI=1S/C18H21N3O4S/c1-5-18(3,4)13-8-11(2)9-16(17(13)22)21-19-14-7-6-12(26(23,24)25)10-15(14)20-21/h6-10,22H,5H2,1-4H3,(H,23,24,25). The van der Waals surface area contributed by atoms with E-state index in [0.717, 1.165) is 17.5 Å². The van der Waals surface area contributed by atoms with E-state index in [4.69, 9.17) is 0 Å². The van der Waals surface area contributed by atoms with Crippen LogP contribution in [0.2, 0.25) is 0 Å². The minimum Gasteiger partial charge on any atom is -0.505 e. The van der Waals surface area contributed by atoms with Crippen molar-refractivity contribution in [1.29, 1.82) is 0 Å². The van der Waals surface area contributed by atoms with Crippen molar-refractivity contribution in [3.8, 4) is 11.4 Å². The van der Waals surface area contributed by atoms with Gasteiger partial charge in [-0.05, 0) is 48.6 Å². The fourth-order valence-electron chi connectivity index (χ4n) is 2.78. The Labute approximate surface area is 152 Å². The summed E-state index contributed by atoms with van der Waals surface area (Å²) in [5.41, 5.74) is 2.71. The molecule has 0 spiro atoms. The van der Waals surface area contributed by atoms with E-state index in [0.29, 0.717) is 16.7 Å². The average Bonchev–Trinajstić information content (AvgIpc) is 2.98. The highest BCUT2D eigenvalue weighted by molar-refractivity contribution is 7.85. The summed E-state index contributed by atoms with van der Waals surface area (Å²) in [6, 6.07) is 7.69. The maximum atomic E-state index is 11.3. The van der Waals surface area contributed by atoms with Crippen LogP contribution >= 0.6 is 0 Å². The summed E-state index contributed by atoms with van der Waals surface area (Å²) in [6.45, 7) is 8.09. The smallest absolute Gasteiger partial charge is 0.294 e. The molecule has 0 atom stereocenters. The average molecular weight is 375 g/mol. The molecule has 8 heteroatoms. The first-order valence-corrected chi connectivity index (χ1v) is 9.66. The van der Waals surface area contributed by atoms with Crippen molar-refractivity contribution in [3.63, 3.8) is 0 Å². The molecule has 3 aromatic rings. The van der Waals surface area contributed by atoms with Crippen molar-refractivity contribution in [2.24, 2.45) is 0 Å². The van der Waals surface area contributed by atoms with Crippen LogP contribution in [-0.2, 0) is 15.5 Å². The lowest BCUT2D eigenvalue weighted by Gasteiger charge is -2.25. The van der Waals surface area contributed by atoms with Gasteiger partial charge in [0.15, 0.2) is 0 Å². The van der Waals surface area contributed by atoms with Crippen molar-refractivity contribution in [2.75, 3.05) is 0 Å². The number of aromatic hydroxyl groups is 1. The molecule has 1 aromatic heterocycles. The Morgan fingerprint density at radius 2 is 1.77 bits per heavy atom. The second kappa shape index (κ2) is 6.07. The Kier molecular flexibility index (Phi) is 4.28. The summed E-state index contributed by atoms with van der Waals surface area (Å²) in [5, 5.41) is 19.4. The van der Waals surface area contributed by atoms with Gasteiger partial charge in [-0.2, -0.15) is 8.42 Å². The minimum atomic E-state index is -4.32. The molecule has 0 fully saturated rings. The van der Waals surface area contributed by atoms with E-state index in [9.17, 15) is 18.1 Å². The first-order valence-electron chi connectivity index (χ1n) is 8.22. The van der Waals surface area contributed by atoms with Gasteiger partial charge in [-0.1, -0.05) is 26.8 Å². The maximum Gasteiger partial charge on any atom is 0.294 e. The Bertz CT molecular complexity index is 1100. The van der Waals surface area contributed by atoms with Gasteiger partial charge in [0.05, 0.1) is 4.90 Å². The summed E-state index contributed by atoms with van der Waals surface area (Å²) in [6.07, 6.45) is 0.843. The highest BCUT2D eigenvalue weighted by atomic mass is 32.2. The van der Waals surface area contributed by atoms with Gasteiger partial charge in [0.25, 0.3) is 10.1 Å². The van der Waals surface area contributed by atoms with Crippen molar-refractivity contribution in [1.82, 2.24) is 15.0 Å². The van der Waals surface area contributed by atoms with Gasteiger partial charge in [-0.15, -0.1) is 15.0 Å². The molecule has 0 aliphatic rings. The summed E-state index contributed by atoms with van der Waals surface area (Å²) in [7, 11) is -4.32. The van der Waals surface area contributed by atoms with Crippen LogP contribution in [0.5, 0.6) is 5.75 Å². The van der Waals surface area contributed by atoms with Gasteiger partial charge >= 0.3 is 0 Å². The van der Waals surface area contributed by atoms with E-state index >= 15 is 0 Å². The second-order valence-electron chi connectivity index (χ2n) is 7.03. The lowest BCUT2D eigenvalue weighted by atomic mass is 9.81. The number of phenolic OH excluding ortho intramolecular Hbond substituents is 1. The molecule has 2 N–H and O–H groups in total. The number of hydrogen-bond donors (Lipinski definition) is 2. The number of aromatic nitrogens is 3. The molecule has 138 valence electrons. The van der Waals surface area contributed by atoms with E-state index < -0.39 is 10.1 Å². The Balaban J connectivity index is 2.21. The van der Waals surface area contributed by atoms with Crippen LogP contribution in [0, 0.1) is 6.92 Å². The van der Waals surface area contributed by atoms with Gasteiger partial charge in [-0.25, -0.2) is 0 Å². The van der Waals surface area contributed by atoms with Gasteiger partial charge in [0.1, 0.15) is 22.5 Å². The summed E-state index contributed by atoms with van der Waals surface area (Å²) >= 11 is 0. The quantitative estimate of drug-likeness (QED) is 0.677. The first-order chi connectivity index (χ1) is 12.0. The zero-order valence-corrected chi connectivity index (χ0v) is 15.9. The van der Waals surface area contributed by atoms with Crippen LogP contribution in [-0.4, -0.2) is 33.1 Å². The molecular formula is C18H21N3O4S. The second-order valence-corrected chi connectivity index (χ2v) is 8.45. The van der Waals surface area contributed by atoms with Gasteiger partial charge in [0, 0.05) is 5.56 Å². The third-order valence-corrected chi connectivity index (χ3v) is 5.56. The van der Waals surface area contributed by atoms with Crippen LogP contribution in [0.25, 0.3) is 16.7 Å². The van der Waals surface area contributed by atoms with Gasteiger partial charge < -0.3 is 5.11 Å². The highest BCUT2D eigenvalue weighted by Gasteiger charge is 2.25. The van der Waals surface area contributed by atoms with E-state index in [1.165, 1.54) is 23.0 Å². The molecule has 0 aliphatic heterocycles. The molecule has 0 aliphatic carbocycles. The fourth-order valence-corrected chi connectivity index (χ4v) is 3.28. The third-order valence-electron chi connectivity index (χ3n) is 4.71. The monoisotopic (exact) mass is 375 g/mol. The van der Waals surface area contributed by atoms with Crippen molar-refractivity contribution in [3.05, 3.63) is 41.5 Å². The molecule has 3 rings (SSSR count). The Morgan fingerprint density at radius 3 is 2.38 bits per heavy atom. The number of aryl methyl sites for hydroxylation is 1. The Hall–Kier alpha value is -2.45. The van der Waals surface area contributed by atoms with Crippen LogP contribution < -0.4 is 0 Å². The molecule has 2 aromatic carbocycles. The molecule has 0 bridgehead atoms. The zero-order valence-electron chi connectivity index (χ0n) is 15.1. The van der Waals surface area contributed by atoms with Crippen LogP contribution in [0.3, 0.4) is 0 Å². The van der Waals surface area contributed by atoms with Crippen LogP contribution in [0.1, 0.15) is 38.3 Å². The topological polar surface area (TPSA) is 105 Å². The zero-order chi connectivity index (χ0) is 19.3. The van der Waals surface area contributed by atoms with Crippen molar-refractivity contribution in [2.45, 2.75) is 44.4 Å². The van der Waals surface area contributed by atoms with E-state index in [2.05, 4.69) is 31.0 Å². The number of hydrogen-bond acceptors (Lipinski definition) is 5. The van der Waals surface area contributed by atoms with Crippen LogP contribution in [0.15, 0.2) is 35.2 Å². The maximum absolute atomic E-state index is 11.3. The summed E-state index contributed by atoms with van der Waals surface area (Å²) in [4.78, 5) is 1.04. The van der Waals surface area contributed by atoms with Crippen LogP contribution in [0.4, 0.5) is 0 Å². The third kappa shape index (κ3) is 3.17. The molecule has 0 amide bonds. The molecule has 0 radical (unpaired) electrons. The fraction of sp³-hybridized carbons (Fsp3) is 0.333. The number of nitrogens with zero attached hydrogens (tertiary/aromatic N) is 3. The molecule has 0 saturated heterocycles. The highest BCUT2D eigenvalue weighted by Crippen LogP contribution is 2.38. The first kappa shape index (κ1) is 18.3. The van der Waals surface area contributed by atoms with E-state index in [1.807, 2.05) is 13.0 Å². The van der Waals surface area contributed by atoms with Crippen molar-refractivity contribution >= 4 is 21.2 Å². The molecular weight excluding hydrogens is 354 g/mol. The SMILES string of the molecule is CCC(C)(C)c1cc(C)cc(-n2nc3ccc(S(=O)(=O)O)cc3n2)c1O. The normalized spacial score (nSPS) is 12.7. The minimum absolute atomic E-state index is 0.0951. The lowest BCUT2D eigenvalue weighted by molar-refractivity contribution is 0.423. The van der Waals surface area contributed by atoms with Gasteiger partial charge in [-0.3, -0.25) is 4.55 Å². The summed E-state index contributed by atoms with van der Waals surface area (Å²) < 4.78 is 31.8. The Morgan fingerprint density at radius 1 is 1.12 bits per heavy atom. The lowest BCUT2D eigenvalue weighted by Crippen LogP contribution is -2.17. The largest absolute Gasteiger partial charge is 0.505 e. The van der Waals surface area contributed by atoms with Crippen molar-refractivity contribution < 1.29 is 18.1 Å². The number of benzene rings is 2. The molecule has 7 nitrogen and oxygen atoms in total. The number of phenols is 1. The number of rotatable bonds is 4. The predicted octanol–water partition coefficient (Wildman–Crippen LogP) is 3.37. The summed E-state index contributed by atoms with van der Waals surface area (Å²) in [5.74, 6) is 0.0951. The van der Waals surface area contributed by atoms with E-state index in [1.54, 1.807) is 6.07 Å². The molecule has 1 heterocycles. The number of fused-ring (bicyclic) bond motifs is 1. The molecule has 0 unspecified atom stereocenters. The molecule has 0 saturated carbocycles. The predicted molar refractivity (Wildman–Crippen MR) is 98.4 cm³/mol. The van der Waals surface area contributed by atoms with Gasteiger partial charge in [0.2, 0.25) is 0 Å². The van der Waals surface area contributed by atoms with E-state index in [-0.39, 0.29) is 16.1 Å².